The molecular formula is C15H24O3. The molecule has 0 spiro atoms. The minimum atomic E-state index is -2.10. The molecule has 0 amide bonds. The first-order valence-electron chi connectivity index (χ1n) is 8.59. The maximum Gasteiger partial charge on any atom is 0.306 e. The molecule has 1 saturated heterocycles. The highest BCUT2D eigenvalue weighted by Crippen LogP contribution is 2.60. The Labute approximate surface area is 113 Å². The van der Waals surface area contributed by atoms with Gasteiger partial charge in [-0.1, -0.05) is 20.3 Å². The van der Waals surface area contributed by atoms with Crippen LogP contribution < -0.4 is 0 Å². The van der Waals surface area contributed by atoms with Gasteiger partial charge in [0.1, 0.15) is 0 Å². The van der Waals surface area contributed by atoms with Crippen molar-refractivity contribution < 1.29 is 18.8 Å². The molecule has 1 aliphatic heterocycles. The molecule has 102 valence electrons. The maximum absolute atomic E-state index is 11.4. The van der Waals surface area contributed by atoms with Crippen LogP contribution in [0.3, 0.4) is 0 Å². The van der Waals surface area contributed by atoms with Gasteiger partial charge < -0.3 is 9.84 Å². The molecule has 3 heteroatoms. The smallest absolute Gasteiger partial charge is 0.306 e. The van der Waals surface area contributed by atoms with Crippen LogP contribution in [0.25, 0.3) is 0 Å². The van der Waals surface area contributed by atoms with Gasteiger partial charge in [-0.3, -0.25) is 4.79 Å². The first-order chi connectivity index (χ1) is 9.69. The zero-order valence-electron chi connectivity index (χ0n) is 14.1. The third kappa shape index (κ3) is 1.70. The van der Waals surface area contributed by atoms with Crippen LogP contribution in [0, 0.1) is 29.6 Å². The molecule has 3 unspecified atom stereocenters. The summed E-state index contributed by atoms with van der Waals surface area (Å²) in [6.07, 6.45) is 3.08. The van der Waals surface area contributed by atoms with E-state index in [0.29, 0.717) is 18.3 Å². The predicted molar refractivity (Wildman–Crippen MR) is 68.2 cm³/mol. The van der Waals surface area contributed by atoms with Crippen molar-refractivity contribution in [1.29, 1.82) is 0 Å². The molecule has 0 aromatic rings. The van der Waals surface area contributed by atoms with Crippen molar-refractivity contribution in [2.24, 2.45) is 29.6 Å². The van der Waals surface area contributed by atoms with Crippen molar-refractivity contribution in [3.8, 4) is 0 Å². The van der Waals surface area contributed by atoms with E-state index in [4.69, 9.17) is 8.85 Å². The summed E-state index contributed by atoms with van der Waals surface area (Å²) >= 11 is 0. The van der Waals surface area contributed by atoms with Gasteiger partial charge in [0.25, 0.3) is 0 Å². The zero-order chi connectivity index (χ0) is 15.6. The molecule has 0 radical (unpaired) electrons. The number of epoxide rings is 1. The second kappa shape index (κ2) is 3.96. The van der Waals surface area contributed by atoms with Crippen molar-refractivity contribution in [3.63, 3.8) is 0 Å². The van der Waals surface area contributed by atoms with Crippen molar-refractivity contribution in [2.75, 3.05) is 0 Å². The maximum atomic E-state index is 11.4. The molecule has 18 heavy (non-hydrogen) atoms. The first kappa shape index (κ1) is 9.35. The van der Waals surface area contributed by atoms with E-state index >= 15 is 0 Å². The number of carboxylic acids is 1. The van der Waals surface area contributed by atoms with Crippen LogP contribution in [-0.4, -0.2) is 22.8 Å². The fraction of sp³-hybridized carbons (Fsp3) is 0.933. The molecule has 2 aliphatic carbocycles. The van der Waals surface area contributed by atoms with E-state index in [1.54, 1.807) is 6.92 Å². The molecule has 0 aromatic carbocycles. The molecule has 3 fully saturated rings. The largest absolute Gasteiger partial charge is 0.481 e. The molecule has 3 rings (SSSR count). The van der Waals surface area contributed by atoms with Gasteiger partial charge >= 0.3 is 5.97 Å². The van der Waals surface area contributed by atoms with E-state index in [2.05, 4.69) is 6.92 Å². The minimum Gasteiger partial charge on any atom is -0.481 e. The average molecular weight is 255 g/mol. The number of hydrogen-bond acceptors (Lipinski definition) is 2. The van der Waals surface area contributed by atoms with Gasteiger partial charge in [-0.25, -0.2) is 0 Å². The summed E-state index contributed by atoms with van der Waals surface area (Å²) < 4.78 is 29.1. The van der Waals surface area contributed by atoms with Crippen molar-refractivity contribution in [2.45, 2.75) is 58.1 Å². The van der Waals surface area contributed by atoms with Crippen LogP contribution in [0.1, 0.15) is 50.5 Å². The van der Waals surface area contributed by atoms with Crippen LogP contribution in [0.4, 0.5) is 0 Å². The summed E-state index contributed by atoms with van der Waals surface area (Å²) in [4.78, 5) is 11.4. The van der Waals surface area contributed by atoms with Gasteiger partial charge in [-0.15, -0.1) is 0 Å². The molecule has 0 aromatic heterocycles. The number of carbonyl (C=O) groups is 1. The predicted octanol–water partition coefficient (Wildman–Crippen LogP) is 2.94. The van der Waals surface area contributed by atoms with Gasteiger partial charge in [0, 0.05) is 4.11 Å². The number of rotatable bonds is 2. The number of ether oxygens (including phenoxy) is 1. The quantitative estimate of drug-likeness (QED) is 0.772. The Hall–Kier alpha value is -0.570. The van der Waals surface area contributed by atoms with Crippen molar-refractivity contribution in [1.82, 2.24) is 0 Å². The second-order valence-electron chi connectivity index (χ2n) is 6.55. The summed E-state index contributed by atoms with van der Waals surface area (Å²) in [5.41, 5.74) is -0.984. The van der Waals surface area contributed by atoms with Crippen LogP contribution in [0.2, 0.25) is 0 Å². The first-order valence-corrected chi connectivity index (χ1v) is 7.09. The standard InChI is InChI=1S/C15H24O3/c1-8-4-5-11(9(2)14(16)17)12-10(8)6-7-15(3)13(12)18-15/h8-13H,4-7H2,1-3H3,(H,16,17)/t8-,9+,10+,11?,12?,13+,15?/m1/s1/i3D3. The third-order valence-electron chi connectivity index (χ3n) is 5.65. The summed E-state index contributed by atoms with van der Waals surface area (Å²) in [6.45, 7) is 1.87. The number of carboxylic acid groups (broad SMARTS) is 1. The van der Waals surface area contributed by atoms with Gasteiger partial charge in [0.15, 0.2) is 0 Å². The lowest BCUT2D eigenvalue weighted by Crippen LogP contribution is -2.45. The normalized spacial score (nSPS) is 55.2. The molecule has 0 bridgehead atoms. The van der Waals surface area contributed by atoms with Gasteiger partial charge in [-0.05, 0) is 49.8 Å². The summed E-state index contributed by atoms with van der Waals surface area (Å²) in [6, 6.07) is 0. The SMILES string of the molecule is [2H]C([2H])([2H])C12CC[C@@H]3C(C([C@H](C)C(=O)O)CC[C@H]3C)[C@@H]1O2. The Morgan fingerprint density at radius 3 is 2.94 bits per heavy atom. The van der Waals surface area contributed by atoms with Crippen molar-refractivity contribution in [3.05, 3.63) is 0 Å². The molecule has 1 heterocycles. The van der Waals surface area contributed by atoms with E-state index in [-0.39, 0.29) is 17.9 Å². The van der Waals surface area contributed by atoms with Crippen molar-refractivity contribution >= 4 is 5.97 Å². The Balaban J connectivity index is 1.89. The highest BCUT2D eigenvalue weighted by atomic mass is 16.6. The van der Waals surface area contributed by atoms with E-state index in [1.807, 2.05) is 0 Å². The minimum absolute atomic E-state index is 0.0400. The Morgan fingerprint density at radius 1 is 1.50 bits per heavy atom. The van der Waals surface area contributed by atoms with E-state index in [9.17, 15) is 9.90 Å². The summed E-state index contributed by atoms with van der Waals surface area (Å²) in [7, 11) is 0. The highest BCUT2D eigenvalue weighted by Gasteiger charge is 2.64. The zero-order valence-corrected chi connectivity index (χ0v) is 11.1. The van der Waals surface area contributed by atoms with E-state index in [1.165, 1.54) is 0 Å². The van der Waals surface area contributed by atoms with Gasteiger partial charge in [0.2, 0.25) is 0 Å². The lowest BCUT2D eigenvalue weighted by Gasteiger charge is -2.45. The molecule has 7 atom stereocenters. The van der Waals surface area contributed by atoms with Gasteiger partial charge in [-0.2, -0.15) is 0 Å². The fourth-order valence-corrected chi connectivity index (χ4v) is 4.42. The Morgan fingerprint density at radius 2 is 2.28 bits per heavy atom. The average Bonchev–Trinajstić information content (AvgIpc) is 3.14. The fourth-order valence-electron chi connectivity index (χ4n) is 4.42. The number of hydrogen-bond donors (Lipinski definition) is 1. The number of fused-ring (bicyclic) bond motifs is 3. The Bertz CT molecular complexity index is 450. The highest BCUT2D eigenvalue weighted by molar-refractivity contribution is 5.70. The topological polar surface area (TPSA) is 49.8 Å². The second-order valence-corrected chi connectivity index (χ2v) is 6.55. The molecule has 3 nitrogen and oxygen atoms in total. The molecule has 3 aliphatic rings. The summed E-state index contributed by atoms with van der Waals surface area (Å²) in [5.74, 6) is -0.132. The lowest BCUT2D eigenvalue weighted by molar-refractivity contribution is -0.145. The molecule has 1 N–H and O–H groups in total. The van der Waals surface area contributed by atoms with Crippen LogP contribution >= 0.6 is 0 Å². The molecular weight excluding hydrogens is 228 g/mol. The Kier molecular flexibility index (Phi) is 2.06. The lowest BCUT2D eigenvalue weighted by atomic mass is 9.57. The monoisotopic (exact) mass is 255 g/mol. The number of aliphatic carboxylic acids is 1. The van der Waals surface area contributed by atoms with E-state index < -0.39 is 24.3 Å². The van der Waals surface area contributed by atoms with Crippen LogP contribution in [0.15, 0.2) is 0 Å². The van der Waals surface area contributed by atoms with Crippen LogP contribution in [-0.2, 0) is 9.53 Å². The van der Waals surface area contributed by atoms with Crippen LogP contribution in [0.5, 0.6) is 0 Å². The molecule has 2 saturated carbocycles. The third-order valence-corrected chi connectivity index (χ3v) is 5.65. The van der Waals surface area contributed by atoms with Gasteiger partial charge in [0.05, 0.1) is 17.6 Å². The summed E-state index contributed by atoms with van der Waals surface area (Å²) in [5, 5.41) is 9.36. The van der Waals surface area contributed by atoms with E-state index in [0.717, 1.165) is 19.3 Å².